The highest BCUT2D eigenvalue weighted by Gasteiger charge is 2.46. The first kappa shape index (κ1) is 42.6. The molecule has 0 N–H and O–H groups in total. The van der Waals surface area contributed by atoms with Crippen LogP contribution >= 0.6 is 11.8 Å². The number of rotatable bonds is 2. The van der Waals surface area contributed by atoms with Gasteiger partial charge < -0.3 is 13.9 Å². The third kappa shape index (κ3) is 6.26. The van der Waals surface area contributed by atoms with Gasteiger partial charge in [-0.3, -0.25) is 4.98 Å². The Hall–Kier alpha value is -6.50. The summed E-state index contributed by atoms with van der Waals surface area (Å²) >= 11 is 1.95. The highest BCUT2D eigenvalue weighted by molar-refractivity contribution is 7.99. The third-order valence-electron chi connectivity index (χ3n) is 15.4. The molecule has 3 aliphatic heterocycles. The quantitative estimate of drug-likeness (QED) is 0.162. The lowest BCUT2D eigenvalue weighted by atomic mass is 9.33. The summed E-state index contributed by atoms with van der Waals surface area (Å²) < 4.78 is 9.53. The fraction of sp³-hybridized carbons (Fsp3) is 0.254. The van der Waals surface area contributed by atoms with Gasteiger partial charge in [-0.1, -0.05) is 143 Å². The molecule has 0 spiro atoms. The first-order valence-corrected chi connectivity index (χ1v) is 25.5. The number of fused-ring (bicyclic) bond motifs is 12. The molecule has 10 aromatic rings. The van der Waals surface area contributed by atoms with Gasteiger partial charge in [0.15, 0.2) is 0 Å². The number of furan rings is 1. The molecule has 69 heavy (non-hydrogen) atoms. The highest BCUT2D eigenvalue weighted by atomic mass is 32.2. The van der Waals surface area contributed by atoms with E-state index >= 15 is 0 Å². The smallest absolute Gasteiger partial charge is 0.252 e. The summed E-state index contributed by atoms with van der Waals surface area (Å²) in [6.45, 7) is 28.2. The van der Waals surface area contributed by atoms with Crippen molar-refractivity contribution in [3.63, 3.8) is 0 Å². The summed E-state index contributed by atoms with van der Waals surface area (Å²) in [4.78, 5) is 9.98. The number of benzene rings is 7. The summed E-state index contributed by atoms with van der Waals surface area (Å²) in [6.07, 6.45) is 1.85. The van der Waals surface area contributed by atoms with Crippen molar-refractivity contribution in [3.05, 3.63) is 156 Å². The lowest BCUT2D eigenvalue weighted by molar-refractivity contribution is 0.588. The van der Waals surface area contributed by atoms with E-state index in [9.17, 15) is 0 Å². The fourth-order valence-corrected chi connectivity index (χ4v) is 12.7. The summed E-state index contributed by atoms with van der Waals surface area (Å²) in [6, 6.07) is 48.9. The van der Waals surface area contributed by atoms with Crippen molar-refractivity contribution >= 4 is 95.7 Å². The largest absolute Gasteiger partial charge is 0.455 e. The van der Waals surface area contributed by atoms with Gasteiger partial charge in [0.05, 0.1) is 22.6 Å². The highest BCUT2D eigenvalue weighted by Crippen LogP contribution is 2.55. The Morgan fingerprint density at radius 3 is 1.93 bits per heavy atom. The van der Waals surface area contributed by atoms with E-state index in [1.165, 1.54) is 93.0 Å². The molecule has 0 saturated heterocycles. The topological polar surface area (TPSA) is 34.2 Å². The van der Waals surface area contributed by atoms with Crippen molar-refractivity contribution in [1.82, 2.24) is 9.55 Å². The van der Waals surface area contributed by atoms with E-state index in [1.54, 1.807) is 0 Å². The zero-order valence-corrected chi connectivity index (χ0v) is 42.8. The molecule has 0 fully saturated rings. The van der Waals surface area contributed by atoms with Gasteiger partial charge in [-0.05, 0) is 150 Å². The van der Waals surface area contributed by atoms with Crippen LogP contribution in [0.15, 0.2) is 148 Å². The van der Waals surface area contributed by atoms with Crippen molar-refractivity contribution < 1.29 is 4.42 Å². The van der Waals surface area contributed by atoms with Crippen LogP contribution in [0.1, 0.15) is 105 Å². The fourth-order valence-electron chi connectivity index (χ4n) is 11.5. The molecule has 4 nitrogen and oxygen atoms in total. The Kier molecular flexibility index (Phi) is 8.69. The SMILES string of the molecule is CC(C)(C)c1ccc2c(c1)Sc1cc(C(C)(C)C)cc3c1N2c1cc(-c2ccc4c(c2)oc2c(-c5ccccn5)cccc24)cc2c1B3c1cc(C(C)(C)C)cc3c4cc(C(C)(C)C)ccc4n-2c13. The lowest BCUT2D eigenvalue weighted by Crippen LogP contribution is -2.61. The number of hydrogen-bond donors (Lipinski definition) is 0. The van der Waals surface area contributed by atoms with Crippen LogP contribution in [0, 0.1) is 0 Å². The minimum Gasteiger partial charge on any atom is -0.455 e. The average Bonchev–Trinajstić information content (AvgIpc) is 3.85. The molecule has 0 radical (unpaired) electrons. The van der Waals surface area contributed by atoms with E-state index in [4.69, 9.17) is 9.40 Å². The summed E-state index contributed by atoms with van der Waals surface area (Å²) in [5.74, 6) is 0. The zero-order valence-electron chi connectivity index (χ0n) is 41.9. The van der Waals surface area contributed by atoms with Gasteiger partial charge in [0.2, 0.25) is 0 Å². The first-order chi connectivity index (χ1) is 32.7. The van der Waals surface area contributed by atoms with Crippen LogP contribution in [-0.4, -0.2) is 16.3 Å². The second-order valence-electron chi connectivity index (χ2n) is 24.1. The van der Waals surface area contributed by atoms with E-state index in [2.05, 4.69) is 208 Å². The maximum absolute atomic E-state index is 6.89. The van der Waals surface area contributed by atoms with E-state index in [1.807, 2.05) is 30.1 Å². The molecule has 0 saturated carbocycles. The molecule has 3 aliphatic rings. The van der Waals surface area contributed by atoms with Gasteiger partial charge in [0.25, 0.3) is 6.71 Å². The van der Waals surface area contributed by atoms with Crippen molar-refractivity contribution in [2.45, 2.75) is 115 Å². The number of nitrogens with zero attached hydrogens (tertiary/aromatic N) is 3. The Morgan fingerprint density at radius 1 is 0.507 bits per heavy atom. The van der Waals surface area contributed by atoms with Crippen LogP contribution in [0.2, 0.25) is 0 Å². The minimum absolute atomic E-state index is 0.00298. The number of anilines is 3. The molecule has 0 atom stereocenters. The Labute approximate surface area is 410 Å². The van der Waals surface area contributed by atoms with Gasteiger partial charge in [-0.2, -0.15) is 0 Å². The average molecular weight is 916 g/mol. The maximum atomic E-state index is 6.89. The van der Waals surface area contributed by atoms with Gasteiger partial charge in [0, 0.05) is 60.0 Å². The third-order valence-corrected chi connectivity index (χ3v) is 16.5. The van der Waals surface area contributed by atoms with Crippen LogP contribution < -0.4 is 21.3 Å². The molecule has 0 unspecified atom stereocenters. The second-order valence-corrected chi connectivity index (χ2v) is 25.2. The van der Waals surface area contributed by atoms with Crippen LogP contribution in [0.25, 0.3) is 71.8 Å². The zero-order chi connectivity index (χ0) is 47.8. The lowest BCUT2D eigenvalue weighted by Gasteiger charge is -2.45. The summed E-state index contributed by atoms with van der Waals surface area (Å²) in [5, 5.41) is 4.85. The number of aromatic nitrogens is 2. The second kappa shape index (κ2) is 14.1. The van der Waals surface area contributed by atoms with Crippen molar-refractivity contribution in [3.8, 4) is 28.1 Å². The number of para-hydroxylation sites is 1. The standard InChI is InChI=1S/C63H58BN3OS/c1-60(2,3)37-20-23-49-44(29-37)45-30-39(62(7,8)9)31-46-57(45)66(49)51-26-36(35-19-22-41-42-16-15-17-43(48-18-13-14-25-65-48)59(42)68-53(41)28-35)27-52-56(51)64(46)47-32-40(63(10,11)12)34-55-58(47)67(52)50-24-21-38(61(4,5)6)33-54(50)69-55/h13-34H,1-12H3. The molecule has 6 heteroatoms. The Bertz CT molecular complexity index is 3860. The van der Waals surface area contributed by atoms with Crippen molar-refractivity contribution in [1.29, 1.82) is 0 Å². The van der Waals surface area contributed by atoms with Gasteiger partial charge >= 0.3 is 0 Å². The Morgan fingerprint density at radius 2 is 1.19 bits per heavy atom. The van der Waals surface area contributed by atoms with Crippen LogP contribution in [0.4, 0.5) is 17.1 Å². The molecular formula is C63H58BN3OS. The van der Waals surface area contributed by atoms with Crippen LogP contribution in [0.3, 0.4) is 0 Å². The van der Waals surface area contributed by atoms with Gasteiger partial charge in [-0.15, -0.1) is 0 Å². The van der Waals surface area contributed by atoms with Gasteiger partial charge in [0.1, 0.15) is 11.2 Å². The predicted molar refractivity (Wildman–Crippen MR) is 295 cm³/mol. The molecule has 0 aliphatic carbocycles. The molecule has 6 heterocycles. The van der Waals surface area contributed by atoms with E-state index in [0.29, 0.717) is 0 Å². The Balaban J connectivity index is 1.16. The number of hydrogen-bond acceptors (Lipinski definition) is 4. The molecule has 0 bridgehead atoms. The predicted octanol–water partition coefficient (Wildman–Crippen LogP) is 15.7. The molecule has 3 aromatic heterocycles. The summed E-state index contributed by atoms with van der Waals surface area (Å²) in [5.41, 5.74) is 23.0. The van der Waals surface area contributed by atoms with Crippen molar-refractivity contribution in [2.75, 3.05) is 4.90 Å². The maximum Gasteiger partial charge on any atom is 0.252 e. The minimum atomic E-state index is -0.0612. The molecular weight excluding hydrogens is 858 g/mol. The monoisotopic (exact) mass is 915 g/mol. The van der Waals surface area contributed by atoms with Crippen LogP contribution in [0.5, 0.6) is 0 Å². The van der Waals surface area contributed by atoms with E-state index < -0.39 is 0 Å². The normalized spacial score (nSPS) is 14.3. The van der Waals surface area contributed by atoms with Crippen molar-refractivity contribution in [2.24, 2.45) is 0 Å². The van der Waals surface area contributed by atoms with Gasteiger partial charge in [-0.25, -0.2) is 0 Å². The van der Waals surface area contributed by atoms with Crippen LogP contribution in [-0.2, 0) is 21.7 Å². The molecule has 0 amide bonds. The molecule has 340 valence electrons. The molecule has 7 aromatic carbocycles. The van der Waals surface area contributed by atoms with E-state index in [-0.39, 0.29) is 28.4 Å². The molecule has 13 rings (SSSR count). The first-order valence-electron chi connectivity index (χ1n) is 24.7. The number of pyridine rings is 1. The van der Waals surface area contributed by atoms with E-state index in [0.717, 1.165) is 44.3 Å². The summed E-state index contributed by atoms with van der Waals surface area (Å²) in [7, 11) is 0.